The Balaban J connectivity index is 2.01. The largest absolute Gasteiger partial charge is 0.467 e. The summed E-state index contributed by atoms with van der Waals surface area (Å²) in [6.07, 6.45) is 1.05. The number of thioether (sulfide) groups is 1. The minimum Gasteiger partial charge on any atom is -0.467 e. The highest BCUT2D eigenvalue weighted by Crippen LogP contribution is 2.24. The van der Waals surface area contributed by atoms with Crippen LogP contribution in [0.5, 0.6) is 0 Å². The van der Waals surface area contributed by atoms with Crippen LogP contribution in [0.4, 0.5) is 0 Å². The SMILES string of the molecule is CO[C@@H](C)C(=O)N1CSC[C@H]1C(=O)N(C)Cc1ccco1. The van der Waals surface area contributed by atoms with Gasteiger partial charge in [-0.25, -0.2) is 0 Å². The number of ether oxygens (including phenoxy) is 1. The van der Waals surface area contributed by atoms with Gasteiger partial charge >= 0.3 is 0 Å². The number of likely N-dealkylation sites (N-methyl/N-ethyl adjacent to an activating group) is 1. The molecule has 1 aromatic rings. The van der Waals surface area contributed by atoms with Gasteiger partial charge < -0.3 is 19.0 Å². The van der Waals surface area contributed by atoms with Gasteiger partial charge in [0.25, 0.3) is 5.91 Å². The van der Waals surface area contributed by atoms with Crippen LogP contribution in [-0.2, 0) is 20.9 Å². The number of rotatable bonds is 5. The average Bonchev–Trinajstić information content (AvgIpc) is 3.15. The van der Waals surface area contributed by atoms with Gasteiger partial charge in [0.2, 0.25) is 5.91 Å². The second-order valence-corrected chi connectivity index (χ2v) is 5.98. The van der Waals surface area contributed by atoms with Gasteiger partial charge in [-0.2, -0.15) is 0 Å². The third kappa shape index (κ3) is 3.59. The summed E-state index contributed by atoms with van der Waals surface area (Å²) in [5, 5.41) is 0. The van der Waals surface area contributed by atoms with Gasteiger partial charge in [0.05, 0.1) is 18.7 Å². The predicted octanol–water partition coefficient (Wildman–Crippen LogP) is 1.17. The third-order valence-corrected chi connectivity index (χ3v) is 4.51. The third-order valence-electron chi connectivity index (χ3n) is 3.50. The number of methoxy groups -OCH3 is 1. The van der Waals surface area contributed by atoms with Gasteiger partial charge in [0, 0.05) is 19.9 Å². The molecule has 1 saturated heterocycles. The minimum absolute atomic E-state index is 0.0759. The second-order valence-electron chi connectivity index (χ2n) is 4.98. The lowest BCUT2D eigenvalue weighted by Gasteiger charge is -2.28. The quantitative estimate of drug-likeness (QED) is 0.817. The summed E-state index contributed by atoms with van der Waals surface area (Å²) in [7, 11) is 3.21. The number of hydrogen-bond donors (Lipinski definition) is 0. The maximum absolute atomic E-state index is 12.5. The Bertz CT molecular complexity index is 491. The van der Waals surface area contributed by atoms with Crippen LogP contribution in [0.25, 0.3) is 0 Å². The summed E-state index contributed by atoms with van der Waals surface area (Å²) in [6, 6.07) is 3.18. The van der Waals surface area contributed by atoms with E-state index in [4.69, 9.17) is 9.15 Å². The molecule has 0 saturated carbocycles. The molecule has 6 nitrogen and oxygen atoms in total. The van der Waals surface area contributed by atoms with Crippen LogP contribution in [0.2, 0.25) is 0 Å². The van der Waals surface area contributed by atoms with Gasteiger partial charge in [-0.3, -0.25) is 9.59 Å². The molecule has 21 heavy (non-hydrogen) atoms. The molecule has 0 bridgehead atoms. The van der Waals surface area contributed by atoms with Crippen molar-refractivity contribution in [3.8, 4) is 0 Å². The molecule has 0 N–H and O–H groups in total. The maximum atomic E-state index is 12.5. The molecule has 0 aromatic carbocycles. The van der Waals surface area contributed by atoms with E-state index in [-0.39, 0.29) is 11.8 Å². The molecule has 2 amide bonds. The molecule has 1 aliphatic heterocycles. The first-order valence-electron chi connectivity index (χ1n) is 6.73. The predicted molar refractivity (Wildman–Crippen MR) is 79.6 cm³/mol. The molecule has 2 heterocycles. The number of furan rings is 1. The zero-order valence-electron chi connectivity index (χ0n) is 12.4. The fourth-order valence-electron chi connectivity index (χ4n) is 2.17. The molecule has 0 unspecified atom stereocenters. The average molecular weight is 312 g/mol. The van der Waals surface area contributed by atoms with Gasteiger partial charge in [-0.15, -0.1) is 11.8 Å². The zero-order chi connectivity index (χ0) is 15.4. The number of hydrogen-bond acceptors (Lipinski definition) is 5. The van der Waals surface area contributed by atoms with E-state index in [1.165, 1.54) is 7.11 Å². The van der Waals surface area contributed by atoms with Gasteiger partial charge in [0.1, 0.15) is 17.9 Å². The van der Waals surface area contributed by atoms with E-state index < -0.39 is 12.1 Å². The first-order valence-corrected chi connectivity index (χ1v) is 7.88. The highest BCUT2D eigenvalue weighted by atomic mass is 32.2. The van der Waals surface area contributed by atoms with Crippen LogP contribution >= 0.6 is 11.8 Å². The van der Waals surface area contributed by atoms with E-state index in [9.17, 15) is 9.59 Å². The first-order chi connectivity index (χ1) is 10.0. The van der Waals surface area contributed by atoms with Crippen molar-refractivity contribution in [3.05, 3.63) is 24.2 Å². The van der Waals surface area contributed by atoms with Gasteiger partial charge in [-0.1, -0.05) is 0 Å². The van der Waals surface area contributed by atoms with Crippen LogP contribution in [0, 0.1) is 0 Å². The van der Waals surface area contributed by atoms with E-state index in [1.807, 2.05) is 6.07 Å². The molecule has 1 fully saturated rings. The molecule has 0 spiro atoms. The highest BCUT2D eigenvalue weighted by Gasteiger charge is 2.37. The molecular formula is C14H20N2O4S. The van der Waals surface area contributed by atoms with Crippen LogP contribution in [0.1, 0.15) is 12.7 Å². The maximum Gasteiger partial charge on any atom is 0.252 e. The second kappa shape index (κ2) is 7.00. The number of carbonyl (C=O) groups is 2. The van der Waals surface area contributed by atoms with Crippen LogP contribution in [0.3, 0.4) is 0 Å². The van der Waals surface area contributed by atoms with Crippen molar-refractivity contribution in [3.63, 3.8) is 0 Å². The molecule has 1 aliphatic rings. The van der Waals surface area contributed by atoms with Crippen molar-refractivity contribution in [1.82, 2.24) is 9.80 Å². The van der Waals surface area contributed by atoms with Crippen LogP contribution < -0.4 is 0 Å². The minimum atomic E-state index is -0.533. The van der Waals surface area contributed by atoms with E-state index in [0.29, 0.717) is 18.2 Å². The van der Waals surface area contributed by atoms with E-state index in [0.717, 1.165) is 5.76 Å². The molecule has 2 rings (SSSR count). The monoisotopic (exact) mass is 312 g/mol. The van der Waals surface area contributed by atoms with Crippen LogP contribution in [0.15, 0.2) is 22.8 Å². The molecule has 7 heteroatoms. The lowest BCUT2D eigenvalue weighted by atomic mass is 10.2. The lowest BCUT2D eigenvalue weighted by molar-refractivity contribution is -0.148. The summed E-state index contributed by atoms with van der Waals surface area (Å²) in [6.45, 7) is 2.09. The Labute approximate surface area is 128 Å². The highest BCUT2D eigenvalue weighted by molar-refractivity contribution is 7.99. The van der Waals surface area contributed by atoms with Crippen molar-refractivity contribution in [2.75, 3.05) is 25.8 Å². The number of amides is 2. The smallest absolute Gasteiger partial charge is 0.252 e. The van der Waals surface area contributed by atoms with Crippen molar-refractivity contribution in [2.45, 2.75) is 25.6 Å². The first kappa shape index (κ1) is 15.9. The van der Waals surface area contributed by atoms with E-state index in [1.54, 1.807) is 47.9 Å². The Morgan fingerprint density at radius 2 is 2.38 bits per heavy atom. The number of nitrogens with zero attached hydrogens (tertiary/aromatic N) is 2. The Hall–Kier alpha value is -1.47. The summed E-state index contributed by atoms with van der Waals surface area (Å²) in [5.74, 6) is 1.64. The Morgan fingerprint density at radius 3 is 3.00 bits per heavy atom. The summed E-state index contributed by atoms with van der Waals surface area (Å²) in [5.41, 5.74) is 0. The zero-order valence-corrected chi connectivity index (χ0v) is 13.3. The van der Waals surface area contributed by atoms with Gasteiger partial charge in [0.15, 0.2) is 0 Å². The van der Waals surface area contributed by atoms with Crippen molar-refractivity contribution in [1.29, 1.82) is 0 Å². The normalized spacial score (nSPS) is 19.6. The van der Waals surface area contributed by atoms with Crippen LogP contribution in [-0.4, -0.2) is 59.5 Å². The molecule has 0 radical (unpaired) electrons. The van der Waals surface area contributed by atoms with Crippen molar-refractivity contribution < 1.29 is 18.7 Å². The molecular weight excluding hydrogens is 292 g/mol. The van der Waals surface area contributed by atoms with Gasteiger partial charge in [-0.05, 0) is 19.1 Å². The van der Waals surface area contributed by atoms with Crippen molar-refractivity contribution >= 4 is 23.6 Å². The fraction of sp³-hybridized carbons (Fsp3) is 0.571. The van der Waals surface area contributed by atoms with Crippen molar-refractivity contribution in [2.24, 2.45) is 0 Å². The molecule has 0 aliphatic carbocycles. The molecule has 1 aromatic heterocycles. The molecule has 116 valence electrons. The topological polar surface area (TPSA) is 63.0 Å². The summed E-state index contributed by atoms with van der Waals surface area (Å²) < 4.78 is 10.3. The fourth-order valence-corrected chi connectivity index (χ4v) is 3.32. The van der Waals surface area contributed by atoms with E-state index >= 15 is 0 Å². The number of carbonyl (C=O) groups excluding carboxylic acids is 2. The van der Waals surface area contributed by atoms with E-state index in [2.05, 4.69) is 0 Å². The standard InChI is InChI=1S/C14H20N2O4S/c1-10(19-3)13(17)16-9-21-8-12(16)14(18)15(2)7-11-5-4-6-20-11/h4-6,10,12H,7-9H2,1-3H3/t10-,12-/m0/s1. The Kier molecular flexibility index (Phi) is 5.30. The summed E-state index contributed by atoms with van der Waals surface area (Å²) in [4.78, 5) is 28.0. The Morgan fingerprint density at radius 1 is 1.62 bits per heavy atom. The molecule has 2 atom stereocenters. The summed E-state index contributed by atoms with van der Waals surface area (Å²) >= 11 is 1.58. The lowest BCUT2D eigenvalue weighted by Crippen LogP contribution is -2.50.